The molecule has 1 heterocycles. The molecule has 9 N–H and O–H groups in total. The van der Waals surface area contributed by atoms with E-state index in [1.165, 1.54) is 109 Å². The summed E-state index contributed by atoms with van der Waals surface area (Å²) in [6.45, 7) is 2.23. The first-order chi connectivity index (χ1) is 33.2. The Morgan fingerprint density at radius 3 is 1.45 bits per heavy atom. The molecule has 1 saturated carbocycles. The number of allylic oxidation sites excluding steroid dienone is 2. The molecule has 1 aliphatic carbocycles. The Hall–Kier alpha value is -1.61. The lowest BCUT2D eigenvalue weighted by atomic mass is 9.84. The van der Waals surface area contributed by atoms with Gasteiger partial charge in [-0.05, 0) is 38.5 Å². The van der Waals surface area contributed by atoms with E-state index in [9.17, 15) is 59.9 Å². The fraction of sp³-hybridized carbons (Fsp3) is 0.920. The molecule has 406 valence electrons. The van der Waals surface area contributed by atoms with Crippen LogP contribution in [0.4, 0.5) is 0 Å². The van der Waals surface area contributed by atoms with E-state index in [1.807, 2.05) is 0 Å². The molecule has 13 unspecified atom stereocenters. The number of hydrogen-bond donors (Lipinski definition) is 9. The summed E-state index contributed by atoms with van der Waals surface area (Å²) in [6.07, 6.45) is 11.5. The third-order valence-corrected chi connectivity index (χ3v) is 14.0. The zero-order chi connectivity index (χ0) is 50.9. The molecule has 1 saturated heterocycles. The van der Waals surface area contributed by atoms with E-state index in [-0.39, 0.29) is 12.8 Å². The third-order valence-electron chi connectivity index (χ3n) is 13.0. The lowest BCUT2D eigenvalue weighted by Gasteiger charge is -2.47. The van der Waals surface area contributed by atoms with Crippen molar-refractivity contribution >= 4 is 19.8 Å². The maximum absolute atomic E-state index is 13.4. The fourth-order valence-electron chi connectivity index (χ4n) is 8.58. The van der Waals surface area contributed by atoms with Crippen LogP contribution in [0.1, 0.15) is 200 Å². The van der Waals surface area contributed by atoms with Gasteiger partial charge in [-0.2, -0.15) is 0 Å². The summed E-state index contributed by atoms with van der Waals surface area (Å²) >= 11 is 0. The van der Waals surface area contributed by atoms with Crippen molar-refractivity contribution in [1.29, 1.82) is 0 Å². The predicted molar refractivity (Wildman–Crippen MR) is 259 cm³/mol. The molecule has 2 fully saturated rings. The molecule has 19 heteroatoms. The Bertz CT molecular complexity index is 1390. The zero-order valence-electron chi connectivity index (χ0n) is 41.9. The summed E-state index contributed by atoms with van der Waals surface area (Å²) in [4.78, 5) is 36.6. The van der Waals surface area contributed by atoms with Crippen LogP contribution in [0, 0.1) is 0 Å². The van der Waals surface area contributed by atoms with Crippen LogP contribution in [-0.2, 0) is 42.1 Å². The van der Waals surface area contributed by atoms with Crippen LogP contribution in [0.2, 0.25) is 0 Å². The molecular weight excluding hydrogens is 920 g/mol. The van der Waals surface area contributed by atoms with E-state index in [1.54, 1.807) is 0 Å². The largest absolute Gasteiger partial charge is 0.472 e. The van der Waals surface area contributed by atoms with Gasteiger partial charge >= 0.3 is 19.8 Å². The Labute approximate surface area is 412 Å². The summed E-state index contributed by atoms with van der Waals surface area (Å²) in [6, 6.07) is 0. The summed E-state index contributed by atoms with van der Waals surface area (Å²) in [5.41, 5.74) is 0. The molecule has 0 aromatic rings. The van der Waals surface area contributed by atoms with Crippen molar-refractivity contribution in [2.24, 2.45) is 0 Å². The van der Waals surface area contributed by atoms with Crippen LogP contribution in [0.3, 0.4) is 0 Å². The maximum Gasteiger partial charge on any atom is 0.472 e. The van der Waals surface area contributed by atoms with Crippen molar-refractivity contribution in [3.63, 3.8) is 0 Å². The van der Waals surface area contributed by atoms with E-state index >= 15 is 0 Å². The standard InChI is InChI=1S/C50H93O18P/c1-3-5-7-9-11-13-15-17-19-21-22-24-26-28-30-32-39(52)63-35-37(65-40(53)33-31-29-27-25-23-20-18-16-14-12-10-8-6-4-2)36-64-69(61,62)68-49-46(59)44(57)43(56)45(58)48(49)67-50-47(60)42(55)41(54)38(34-51)66-50/h20,23,37-38,41-51,54-60H,3-19,21-22,24-36H2,1-2H3,(H,61,62). The molecule has 2 aliphatic rings. The van der Waals surface area contributed by atoms with Crippen LogP contribution in [0.15, 0.2) is 12.2 Å². The van der Waals surface area contributed by atoms with Crippen LogP contribution in [0.5, 0.6) is 0 Å². The second-order valence-corrected chi connectivity index (χ2v) is 20.5. The highest BCUT2D eigenvalue weighted by molar-refractivity contribution is 7.47. The number of phosphoric acid groups is 1. The average molecular weight is 1010 g/mol. The molecule has 2 rings (SSSR count). The molecule has 0 bridgehead atoms. The zero-order valence-corrected chi connectivity index (χ0v) is 42.8. The maximum atomic E-state index is 13.4. The van der Waals surface area contributed by atoms with Crippen LogP contribution in [-0.4, -0.2) is 151 Å². The van der Waals surface area contributed by atoms with Crippen LogP contribution < -0.4 is 0 Å². The van der Waals surface area contributed by atoms with E-state index in [4.69, 9.17) is 28.0 Å². The Balaban J connectivity index is 1.93. The van der Waals surface area contributed by atoms with Gasteiger partial charge in [0.25, 0.3) is 0 Å². The molecule has 0 aromatic carbocycles. The number of carbonyl (C=O) groups excluding carboxylic acids is 2. The minimum atomic E-state index is -5.38. The monoisotopic (exact) mass is 1010 g/mol. The highest BCUT2D eigenvalue weighted by atomic mass is 31.2. The van der Waals surface area contributed by atoms with Gasteiger partial charge in [-0.25, -0.2) is 4.57 Å². The summed E-state index contributed by atoms with van der Waals surface area (Å²) < 4.78 is 45.5. The molecule has 1 aliphatic heterocycles. The van der Waals surface area contributed by atoms with Gasteiger partial charge in [-0.3, -0.25) is 18.6 Å². The van der Waals surface area contributed by atoms with Crippen molar-refractivity contribution in [3.8, 4) is 0 Å². The minimum Gasteiger partial charge on any atom is -0.462 e. The van der Waals surface area contributed by atoms with Crippen LogP contribution >= 0.6 is 7.82 Å². The highest BCUT2D eigenvalue weighted by Crippen LogP contribution is 2.48. The van der Waals surface area contributed by atoms with Crippen LogP contribution in [0.25, 0.3) is 0 Å². The lowest BCUT2D eigenvalue weighted by Crippen LogP contribution is -2.67. The van der Waals surface area contributed by atoms with Crippen molar-refractivity contribution in [3.05, 3.63) is 12.2 Å². The number of esters is 2. The molecule has 13 atom stereocenters. The van der Waals surface area contributed by atoms with E-state index < -0.39 is 113 Å². The highest BCUT2D eigenvalue weighted by Gasteiger charge is 2.55. The number of ether oxygens (including phenoxy) is 4. The van der Waals surface area contributed by atoms with Gasteiger partial charge in [-0.15, -0.1) is 0 Å². The summed E-state index contributed by atoms with van der Waals surface area (Å²) in [5.74, 6) is -1.23. The van der Waals surface area contributed by atoms with E-state index in [0.29, 0.717) is 12.8 Å². The number of phosphoric ester groups is 1. The quantitative estimate of drug-likeness (QED) is 0.0137. The second kappa shape index (κ2) is 38.0. The number of rotatable bonds is 41. The van der Waals surface area contributed by atoms with Gasteiger partial charge in [0, 0.05) is 12.8 Å². The summed E-state index contributed by atoms with van der Waals surface area (Å²) in [7, 11) is -5.38. The SMILES string of the molecule is CCCCCCCCCC=CCCCCCC(=O)OC(COC(=O)CCCCCCCCCCCCCCCCC)COP(=O)(O)OC1C(O)C(O)C(O)C(O)C1OC1OC(CO)C(O)C(O)C1O. The normalized spacial score (nSPS) is 27.6. The topological polar surface area (TPSA) is 289 Å². The van der Waals surface area contributed by atoms with E-state index in [0.717, 1.165) is 51.4 Å². The van der Waals surface area contributed by atoms with Crippen molar-refractivity contribution < 1.29 is 87.9 Å². The number of hydrogen-bond acceptors (Lipinski definition) is 17. The first-order valence-electron chi connectivity index (χ1n) is 26.5. The average Bonchev–Trinajstić information content (AvgIpc) is 3.33. The Morgan fingerprint density at radius 1 is 0.536 bits per heavy atom. The van der Waals surface area contributed by atoms with Gasteiger partial charge in [0.1, 0.15) is 67.6 Å². The molecular formula is C50H93O18P. The van der Waals surface area contributed by atoms with Crippen molar-refractivity contribution in [2.45, 2.75) is 273 Å². The van der Waals surface area contributed by atoms with E-state index in [2.05, 4.69) is 26.0 Å². The van der Waals surface area contributed by atoms with Gasteiger partial charge in [0.15, 0.2) is 12.4 Å². The van der Waals surface area contributed by atoms with Crippen molar-refractivity contribution in [2.75, 3.05) is 19.8 Å². The number of carbonyl (C=O) groups is 2. The molecule has 0 spiro atoms. The molecule has 0 amide bonds. The number of aliphatic hydroxyl groups excluding tert-OH is 8. The lowest BCUT2D eigenvalue weighted by molar-refractivity contribution is -0.338. The minimum absolute atomic E-state index is 0.0158. The summed E-state index contributed by atoms with van der Waals surface area (Å²) in [5, 5.41) is 83.0. The first-order valence-corrected chi connectivity index (χ1v) is 28.0. The number of aliphatic hydroxyl groups is 8. The first kappa shape index (κ1) is 63.5. The second-order valence-electron chi connectivity index (χ2n) is 19.1. The molecule has 0 aromatic heterocycles. The molecule has 18 nitrogen and oxygen atoms in total. The third kappa shape index (κ3) is 26.8. The Morgan fingerprint density at radius 2 is 0.957 bits per heavy atom. The van der Waals surface area contributed by atoms with Gasteiger partial charge in [0.2, 0.25) is 0 Å². The van der Waals surface area contributed by atoms with Crippen molar-refractivity contribution in [1.82, 2.24) is 0 Å². The molecule has 69 heavy (non-hydrogen) atoms. The van der Waals surface area contributed by atoms with Gasteiger partial charge in [-0.1, -0.05) is 161 Å². The smallest absolute Gasteiger partial charge is 0.462 e. The number of unbranched alkanes of at least 4 members (excludes halogenated alkanes) is 24. The molecule has 0 radical (unpaired) electrons. The van der Waals surface area contributed by atoms with Gasteiger partial charge in [0.05, 0.1) is 13.2 Å². The fourth-order valence-corrected chi connectivity index (χ4v) is 9.55. The van der Waals surface area contributed by atoms with Gasteiger partial charge < -0.3 is 64.7 Å². The predicted octanol–water partition coefficient (Wildman–Crippen LogP) is 6.49. The Kier molecular flexibility index (Phi) is 35.0.